The van der Waals surface area contributed by atoms with Crippen molar-refractivity contribution >= 4 is 23.1 Å². The van der Waals surface area contributed by atoms with E-state index in [9.17, 15) is 4.79 Å². The summed E-state index contributed by atoms with van der Waals surface area (Å²) in [7, 11) is 1.65. The van der Waals surface area contributed by atoms with Crippen LogP contribution in [0, 0.1) is 0 Å². The molecule has 1 N–H and O–H groups in total. The third-order valence-electron chi connectivity index (χ3n) is 5.66. The first-order valence-electron chi connectivity index (χ1n) is 9.56. The molecule has 0 bridgehead atoms. The molecule has 9 nitrogen and oxygen atoms in total. The fourth-order valence-electron chi connectivity index (χ4n) is 4.08. The number of hydrogen-bond donors (Lipinski definition) is 1. The van der Waals surface area contributed by atoms with Crippen molar-refractivity contribution in [3.8, 4) is 17.0 Å². The minimum Gasteiger partial charge on any atom is -0.497 e. The third kappa shape index (κ3) is 2.89. The zero-order valence-corrected chi connectivity index (χ0v) is 16.3. The van der Waals surface area contributed by atoms with Gasteiger partial charge >= 0.3 is 0 Å². The molecule has 0 aliphatic carbocycles. The first-order valence-corrected chi connectivity index (χ1v) is 9.56. The Hall–Kier alpha value is -3.49. The highest BCUT2D eigenvalue weighted by molar-refractivity contribution is 6.07. The van der Waals surface area contributed by atoms with Crippen molar-refractivity contribution in [2.75, 3.05) is 25.1 Å². The van der Waals surface area contributed by atoms with Gasteiger partial charge in [0.05, 0.1) is 18.5 Å². The Morgan fingerprint density at radius 3 is 2.59 bits per heavy atom. The number of aromatic nitrogens is 4. The second-order valence-corrected chi connectivity index (χ2v) is 7.41. The van der Waals surface area contributed by atoms with Crippen LogP contribution in [0.5, 0.6) is 5.75 Å². The molecule has 0 unspecified atom stereocenters. The highest BCUT2D eigenvalue weighted by atomic mass is 16.5. The average molecular weight is 391 g/mol. The van der Waals surface area contributed by atoms with Crippen LogP contribution in [0.25, 0.3) is 16.9 Å². The maximum Gasteiger partial charge on any atom is 0.253 e. The van der Waals surface area contributed by atoms with E-state index >= 15 is 0 Å². The fourth-order valence-corrected chi connectivity index (χ4v) is 4.08. The van der Waals surface area contributed by atoms with Crippen LogP contribution >= 0.6 is 0 Å². The molecule has 2 aromatic heterocycles. The first kappa shape index (κ1) is 17.6. The normalized spacial score (nSPS) is 18.2. The number of methoxy groups -OCH3 is 1. The van der Waals surface area contributed by atoms with Crippen LogP contribution in [0.2, 0.25) is 0 Å². The van der Waals surface area contributed by atoms with Crippen molar-refractivity contribution < 1.29 is 9.53 Å². The number of fused-ring (bicyclic) bond motifs is 1. The van der Waals surface area contributed by atoms with Gasteiger partial charge in [-0.05, 0) is 50.1 Å². The van der Waals surface area contributed by atoms with Crippen LogP contribution in [0.1, 0.15) is 19.8 Å². The number of carbonyl (C=O) groups excluding carboxylic acids is 1. The number of hydrogen-bond acceptors (Lipinski definition) is 7. The Balaban J connectivity index is 1.48. The molecule has 1 fully saturated rings. The summed E-state index contributed by atoms with van der Waals surface area (Å²) in [5.74, 6) is 1.51. The Morgan fingerprint density at radius 2 is 1.93 bits per heavy atom. The van der Waals surface area contributed by atoms with E-state index in [4.69, 9.17) is 4.74 Å². The topological polar surface area (TPSA) is 97.0 Å². The standard InChI is InChI=1S/C20H21N7O2/c1-13-22-19(28)20(23-13)7-9-26(10-8-20)17-11-16(25-27-12-21-24-18(17)27)14-3-5-15(29-2)6-4-14/h3-6,11-12H,7-10H2,1-2H3,(H,22,23,28). The molecule has 2 aliphatic heterocycles. The van der Waals surface area contributed by atoms with Gasteiger partial charge in [0.2, 0.25) is 5.65 Å². The number of ether oxygens (including phenoxy) is 1. The number of amidine groups is 1. The quantitative estimate of drug-likeness (QED) is 0.730. The molecule has 0 saturated carbocycles. The number of nitrogens with zero attached hydrogens (tertiary/aromatic N) is 6. The average Bonchev–Trinajstić information content (AvgIpc) is 3.32. The zero-order valence-electron chi connectivity index (χ0n) is 16.3. The largest absolute Gasteiger partial charge is 0.497 e. The maximum atomic E-state index is 12.4. The molecule has 1 saturated heterocycles. The summed E-state index contributed by atoms with van der Waals surface area (Å²) >= 11 is 0. The Bertz CT molecular complexity index is 1110. The smallest absolute Gasteiger partial charge is 0.253 e. The summed E-state index contributed by atoms with van der Waals surface area (Å²) in [4.78, 5) is 19.2. The van der Waals surface area contributed by atoms with E-state index < -0.39 is 5.54 Å². The molecular formula is C20H21N7O2. The molecular weight excluding hydrogens is 370 g/mol. The van der Waals surface area contributed by atoms with E-state index in [2.05, 4.69) is 30.5 Å². The lowest BCUT2D eigenvalue weighted by molar-refractivity contribution is -0.124. The zero-order chi connectivity index (χ0) is 20.0. The van der Waals surface area contributed by atoms with Crippen molar-refractivity contribution in [2.24, 2.45) is 4.99 Å². The monoisotopic (exact) mass is 391 g/mol. The van der Waals surface area contributed by atoms with E-state index in [1.165, 1.54) is 0 Å². The molecule has 148 valence electrons. The van der Waals surface area contributed by atoms with Gasteiger partial charge in [-0.1, -0.05) is 0 Å². The van der Waals surface area contributed by atoms with Gasteiger partial charge < -0.3 is 15.0 Å². The van der Waals surface area contributed by atoms with Crippen LogP contribution < -0.4 is 15.0 Å². The summed E-state index contributed by atoms with van der Waals surface area (Å²) in [5, 5.41) is 15.8. The van der Waals surface area contributed by atoms with Gasteiger partial charge in [-0.3, -0.25) is 9.79 Å². The van der Waals surface area contributed by atoms with Crippen molar-refractivity contribution in [3.05, 3.63) is 36.7 Å². The second kappa shape index (κ2) is 6.54. The Labute approximate surface area is 167 Å². The number of benzene rings is 1. The molecule has 29 heavy (non-hydrogen) atoms. The van der Waals surface area contributed by atoms with E-state index in [0.29, 0.717) is 37.4 Å². The number of amides is 1. The minimum absolute atomic E-state index is 0.0101. The lowest BCUT2D eigenvalue weighted by Crippen LogP contribution is -2.49. The van der Waals surface area contributed by atoms with Gasteiger partial charge in [-0.15, -0.1) is 10.2 Å². The van der Waals surface area contributed by atoms with Crippen molar-refractivity contribution in [3.63, 3.8) is 0 Å². The molecule has 4 heterocycles. The van der Waals surface area contributed by atoms with Gasteiger partial charge in [0.15, 0.2) is 0 Å². The van der Waals surface area contributed by atoms with E-state index in [1.54, 1.807) is 18.0 Å². The highest BCUT2D eigenvalue weighted by Gasteiger charge is 2.45. The number of rotatable bonds is 3. The van der Waals surface area contributed by atoms with Gasteiger partial charge in [0.25, 0.3) is 5.91 Å². The molecule has 1 aromatic carbocycles. The van der Waals surface area contributed by atoms with Crippen molar-refractivity contribution in [1.29, 1.82) is 0 Å². The number of nitrogens with one attached hydrogen (secondary N) is 1. The van der Waals surface area contributed by atoms with Gasteiger partial charge in [-0.2, -0.15) is 9.61 Å². The Morgan fingerprint density at radius 1 is 1.17 bits per heavy atom. The lowest BCUT2D eigenvalue weighted by Gasteiger charge is -2.36. The third-order valence-corrected chi connectivity index (χ3v) is 5.66. The molecule has 0 radical (unpaired) electrons. The first-order chi connectivity index (χ1) is 14.1. The Kier molecular flexibility index (Phi) is 3.97. The van der Waals surface area contributed by atoms with Gasteiger partial charge in [0, 0.05) is 18.7 Å². The van der Waals surface area contributed by atoms with Crippen molar-refractivity contribution in [1.82, 2.24) is 25.1 Å². The predicted molar refractivity (Wildman–Crippen MR) is 108 cm³/mol. The molecule has 0 atom stereocenters. The van der Waals surface area contributed by atoms with Crippen molar-refractivity contribution in [2.45, 2.75) is 25.3 Å². The number of anilines is 1. The van der Waals surface area contributed by atoms with Gasteiger partial charge in [0.1, 0.15) is 23.5 Å². The number of aliphatic imine (C=N–C) groups is 1. The molecule has 5 rings (SSSR count). The van der Waals surface area contributed by atoms with Crippen LogP contribution in [-0.2, 0) is 4.79 Å². The van der Waals surface area contributed by atoms with E-state index in [1.807, 2.05) is 37.3 Å². The summed E-state index contributed by atoms with van der Waals surface area (Å²) in [6.07, 6.45) is 2.93. The second-order valence-electron chi connectivity index (χ2n) is 7.41. The number of carbonyl (C=O) groups is 1. The van der Waals surface area contributed by atoms with E-state index in [-0.39, 0.29) is 5.91 Å². The molecule has 1 amide bonds. The van der Waals surface area contributed by atoms with Crippen LogP contribution in [0.4, 0.5) is 5.69 Å². The van der Waals surface area contributed by atoms with Crippen LogP contribution in [0.15, 0.2) is 41.7 Å². The van der Waals surface area contributed by atoms with E-state index in [0.717, 1.165) is 22.7 Å². The maximum absolute atomic E-state index is 12.4. The number of piperidine rings is 1. The van der Waals surface area contributed by atoms with Crippen LogP contribution in [0.3, 0.4) is 0 Å². The molecule has 1 spiro atoms. The highest BCUT2D eigenvalue weighted by Crippen LogP contribution is 2.34. The fraction of sp³-hybridized carbons (Fsp3) is 0.350. The molecule has 9 heteroatoms. The lowest BCUT2D eigenvalue weighted by atomic mass is 9.88. The summed E-state index contributed by atoms with van der Waals surface area (Å²) in [6, 6.07) is 9.82. The predicted octanol–water partition coefficient (Wildman–Crippen LogP) is 1.69. The molecule has 2 aliphatic rings. The van der Waals surface area contributed by atoms with Crippen LogP contribution in [-0.4, -0.2) is 57.3 Å². The summed E-state index contributed by atoms with van der Waals surface area (Å²) in [6.45, 7) is 3.25. The molecule has 3 aromatic rings. The SMILES string of the molecule is COc1ccc(-c2cc(N3CCC4(CC3)N=C(C)NC4=O)c3nncn3n2)cc1. The minimum atomic E-state index is -0.629. The van der Waals surface area contributed by atoms with Gasteiger partial charge in [-0.25, -0.2) is 0 Å². The summed E-state index contributed by atoms with van der Waals surface area (Å²) in [5.41, 5.74) is 2.83. The summed E-state index contributed by atoms with van der Waals surface area (Å²) < 4.78 is 6.95.